The number of piperidine rings is 1. The summed E-state index contributed by atoms with van der Waals surface area (Å²) in [5, 5.41) is 21.5. The summed E-state index contributed by atoms with van der Waals surface area (Å²) in [4.78, 5) is 22.3. The number of likely N-dealkylation sites (tertiary alicyclic amines) is 1. The molecular weight excluding hydrogens is 566 g/mol. The fourth-order valence-electron chi connectivity index (χ4n) is 5.17. The summed E-state index contributed by atoms with van der Waals surface area (Å²) < 4.78 is 26.7. The van der Waals surface area contributed by atoms with Crippen LogP contribution in [0.4, 0.5) is 5.95 Å². The lowest BCUT2D eigenvalue weighted by atomic mass is 10.1. The number of hydrogen-bond donors (Lipinski definition) is 2. The number of hydrogen-bond acceptors (Lipinski definition) is 9. The molecule has 0 radical (unpaired) electrons. The normalized spacial score (nSPS) is 18.4. The quantitative estimate of drug-likeness (QED) is 0.399. The van der Waals surface area contributed by atoms with E-state index < -0.39 is 10.0 Å². The van der Waals surface area contributed by atoms with Crippen LogP contribution >= 0.6 is 11.6 Å². The Morgan fingerprint density at radius 3 is 2.59 bits per heavy atom. The predicted octanol–water partition coefficient (Wildman–Crippen LogP) is 2.40. The molecular formula is C27H32ClN9O3S. The molecule has 0 aliphatic carbocycles. The van der Waals surface area contributed by atoms with Gasteiger partial charge in [0, 0.05) is 63.5 Å². The van der Waals surface area contributed by atoms with Gasteiger partial charge in [0.1, 0.15) is 6.07 Å². The van der Waals surface area contributed by atoms with Crippen LogP contribution in [0.1, 0.15) is 37.3 Å². The molecule has 1 aromatic carbocycles. The van der Waals surface area contributed by atoms with Gasteiger partial charge in [0.15, 0.2) is 0 Å². The number of nitrogens with one attached hydrogen (secondary N) is 2. The molecule has 2 aliphatic rings. The molecule has 5 rings (SSSR count). The summed E-state index contributed by atoms with van der Waals surface area (Å²) in [6.07, 6.45) is 8.28. The van der Waals surface area contributed by atoms with Crippen molar-refractivity contribution < 1.29 is 13.2 Å². The minimum atomic E-state index is -3.21. The van der Waals surface area contributed by atoms with E-state index in [1.165, 1.54) is 16.8 Å². The molecule has 1 atom stereocenters. The number of halogens is 1. The maximum atomic E-state index is 11.8. The van der Waals surface area contributed by atoms with Gasteiger partial charge < -0.3 is 15.5 Å². The standard InChI is InChI=1S/C27H32ClN9O3S/c1-18(38)35-8-5-23(17-35)30-13-19-3-4-25(24(28)11-19)37-16-21(15-32-37)26-20(12-29)14-31-27(34-26)33-22-6-9-36(10-7-22)41(2,39)40/h3-4,11,14-16,22-23,30H,5-10,13,17H2,1-2H3,(H,31,33,34)/t23-/m1/s1. The highest BCUT2D eigenvalue weighted by molar-refractivity contribution is 7.88. The predicted molar refractivity (Wildman–Crippen MR) is 155 cm³/mol. The monoisotopic (exact) mass is 597 g/mol. The first-order chi connectivity index (χ1) is 19.6. The third-order valence-electron chi connectivity index (χ3n) is 7.51. The third-order valence-corrected chi connectivity index (χ3v) is 9.11. The van der Waals surface area contributed by atoms with Gasteiger partial charge in [0.05, 0.1) is 40.6 Å². The second kappa shape index (κ2) is 12.1. The van der Waals surface area contributed by atoms with Crippen LogP contribution in [0.5, 0.6) is 0 Å². The maximum absolute atomic E-state index is 11.8. The van der Waals surface area contributed by atoms with Crippen molar-refractivity contribution in [3.63, 3.8) is 0 Å². The number of anilines is 1. The topological polar surface area (TPSA) is 149 Å². The van der Waals surface area contributed by atoms with Gasteiger partial charge >= 0.3 is 0 Å². The Hall–Kier alpha value is -3.57. The van der Waals surface area contributed by atoms with Crippen LogP contribution in [0.2, 0.25) is 5.02 Å². The van der Waals surface area contributed by atoms with E-state index in [9.17, 15) is 18.5 Å². The zero-order valence-corrected chi connectivity index (χ0v) is 24.5. The lowest BCUT2D eigenvalue weighted by Gasteiger charge is -2.30. The van der Waals surface area contributed by atoms with E-state index in [1.807, 2.05) is 23.1 Å². The van der Waals surface area contributed by atoms with Crippen LogP contribution in [0, 0.1) is 11.3 Å². The Kier molecular flexibility index (Phi) is 8.55. The van der Waals surface area contributed by atoms with E-state index >= 15 is 0 Å². The summed E-state index contributed by atoms with van der Waals surface area (Å²) in [7, 11) is -3.21. The molecule has 2 aliphatic heterocycles. The Morgan fingerprint density at radius 1 is 1.17 bits per heavy atom. The van der Waals surface area contributed by atoms with E-state index in [-0.39, 0.29) is 18.0 Å². The molecule has 2 fully saturated rings. The first-order valence-electron chi connectivity index (χ1n) is 13.4. The van der Waals surface area contributed by atoms with Gasteiger partial charge in [0.2, 0.25) is 21.9 Å². The molecule has 0 saturated carbocycles. The molecule has 41 heavy (non-hydrogen) atoms. The molecule has 12 nitrogen and oxygen atoms in total. The number of aromatic nitrogens is 4. The van der Waals surface area contributed by atoms with Gasteiger partial charge in [-0.1, -0.05) is 17.7 Å². The maximum Gasteiger partial charge on any atom is 0.223 e. The summed E-state index contributed by atoms with van der Waals surface area (Å²) in [5.41, 5.74) is 3.10. The summed E-state index contributed by atoms with van der Waals surface area (Å²) in [6, 6.07) is 8.19. The van der Waals surface area contributed by atoms with Crippen molar-refractivity contribution in [3.05, 3.63) is 52.9 Å². The number of carbonyl (C=O) groups excluding carboxylic acids is 1. The zero-order chi connectivity index (χ0) is 29.1. The first-order valence-corrected chi connectivity index (χ1v) is 15.6. The number of amides is 1. The molecule has 4 heterocycles. The second-order valence-electron chi connectivity index (χ2n) is 10.4. The van der Waals surface area contributed by atoms with Crippen LogP contribution < -0.4 is 10.6 Å². The summed E-state index contributed by atoms with van der Waals surface area (Å²) in [6.45, 7) is 4.58. The third kappa shape index (κ3) is 6.84. The molecule has 1 amide bonds. The number of benzene rings is 1. The molecule has 0 bridgehead atoms. The molecule has 3 aromatic rings. The van der Waals surface area contributed by atoms with E-state index in [2.05, 4.69) is 31.8 Å². The van der Waals surface area contributed by atoms with Crippen LogP contribution in [0.25, 0.3) is 16.9 Å². The molecule has 14 heteroatoms. The van der Waals surface area contributed by atoms with Gasteiger partial charge in [-0.15, -0.1) is 0 Å². The zero-order valence-electron chi connectivity index (χ0n) is 22.9. The first kappa shape index (κ1) is 28.9. The SMILES string of the molecule is CC(=O)N1CC[C@@H](NCc2ccc(-n3cc(-c4nc(NC5CCN(S(C)(=O)=O)CC5)ncc4C#N)cn3)c(Cl)c2)C1. The fourth-order valence-corrected chi connectivity index (χ4v) is 6.33. The molecule has 2 aromatic heterocycles. The van der Waals surface area contributed by atoms with Crippen LogP contribution in [-0.2, 0) is 21.4 Å². The smallest absolute Gasteiger partial charge is 0.223 e. The highest BCUT2D eigenvalue weighted by Crippen LogP contribution is 2.27. The Morgan fingerprint density at radius 2 is 1.93 bits per heavy atom. The van der Waals surface area contributed by atoms with Gasteiger partial charge in [-0.2, -0.15) is 10.4 Å². The number of rotatable bonds is 8. The lowest BCUT2D eigenvalue weighted by molar-refractivity contribution is -0.127. The van der Waals surface area contributed by atoms with Gasteiger partial charge in [-0.25, -0.2) is 27.4 Å². The highest BCUT2D eigenvalue weighted by atomic mass is 35.5. The average molecular weight is 598 g/mol. The minimum absolute atomic E-state index is 0.0186. The van der Waals surface area contributed by atoms with Crippen LogP contribution in [0.15, 0.2) is 36.8 Å². The van der Waals surface area contributed by atoms with E-state index in [4.69, 9.17) is 11.6 Å². The van der Waals surface area contributed by atoms with E-state index in [0.717, 1.165) is 18.5 Å². The Bertz CT molecular complexity index is 1580. The van der Waals surface area contributed by atoms with Crippen LogP contribution in [0.3, 0.4) is 0 Å². The highest BCUT2D eigenvalue weighted by Gasteiger charge is 2.26. The summed E-state index contributed by atoms with van der Waals surface area (Å²) >= 11 is 6.64. The largest absolute Gasteiger partial charge is 0.351 e. The molecule has 216 valence electrons. The van der Waals surface area contributed by atoms with E-state index in [1.54, 1.807) is 24.0 Å². The molecule has 0 spiro atoms. The van der Waals surface area contributed by atoms with Crippen molar-refractivity contribution in [2.75, 3.05) is 37.8 Å². The van der Waals surface area contributed by atoms with Crippen molar-refractivity contribution in [3.8, 4) is 23.0 Å². The molecule has 2 saturated heterocycles. The van der Waals surface area contributed by atoms with Crippen molar-refractivity contribution in [1.29, 1.82) is 5.26 Å². The Labute approximate surface area is 244 Å². The second-order valence-corrected chi connectivity index (χ2v) is 12.8. The molecule has 0 unspecified atom stereocenters. The van der Waals surface area contributed by atoms with Crippen molar-refractivity contribution >= 4 is 33.5 Å². The fraction of sp³-hybridized carbons (Fsp3) is 0.444. The number of nitriles is 1. The lowest BCUT2D eigenvalue weighted by Crippen LogP contribution is -2.42. The van der Waals surface area contributed by atoms with Crippen molar-refractivity contribution in [2.24, 2.45) is 0 Å². The van der Waals surface area contributed by atoms with Crippen LogP contribution in [-0.4, -0.2) is 87.8 Å². The van der Waals surface area contributed by atoms with Gasteiger partial charge in [-0.3, -0.25) is 4.79 Å². The number of carbonyl (C=O) groups is 1. The van der Waals surface area contributed by atoms with Gasteiger partial charge in [-0.05, 0) is 37.0 Å². The Balaban J connectivity index is 1.26. The van der Waals surface area contributed by atoms with Crippen molar-refractivity contribution in [2.45, 2.75) is 44.8 Å². The number of nitrogens with zero attached hydrogens (tertiary/aromatic N) is 7. The summed E-state index contributed by atoms with van der Waals surface area (Å²) in [5.74, 6) is 0.469. The van der Waals surface area contributed by atoms with Gasteiger partial charge in [0.25, 0.3) is 0 Å². The molecule has 2 N–H and O–H groups in total. The average Bonchev–Trinajstić information content (AvgIpc) is 3.62. The van der Waals surface area contributed by atoms with Crippen molar-refractivity contribution in [1.82, 2.24) is 34.3 Å². The minimum Gasteiger partial charge on any atom is -0.351 e. The van der Waals surface area contributed by atoms with E-state index in [0.29, 0.717) is 72.5 Å². The number of sulfonamides is 1.